The van der Waals surface area contributed by atoms with Crippen LogP contribution < -0.4 is 19.1 Å². The Kier molecular flexibility index (Phi) is 6.93. The zero-order chi connectivity index (χ0) is 23.4. The average Bonchev–Trinajstić information content (AvgIpc) is 3.20. The molecule has 0 atom stereocenters. The fraction of sp³-hybridized carbons (Fsp3) is 0.333. The maximum atomic E-state index is 13.3. The van der Waals surface area contributed by atoms with E-state index in [0.717, 1.165) is 30.0 Å². The molecule has 1 N–H and O–H groups in total. The number of ether oxygens (including phenoxy) is 3. The maximum absolute atomic E-state index is 13.3. The molecule has 0 aliphatic carbocycles. The Hall–Kier alpha value is -3.39. The molecule has 1 aliphatic heterocycles. The zero-order valence-corrected chi connectivity index (χ0v) is 19.7. The van der Waals surface area contributed by atoms with Gasteiger partial charge in [-0.05, 0) is 36.2 Å². The highest BCUT2D eigenvalue weighted by Gasteiger charge is 2.24. The Labute approximate surface area is 198 Å². The lowest BCUT2D eigenvalue weighted by Gasteiger charge is -2.22. The van der Waals surface area contributed by atoms with E-state index in [-0.39, 0.29) is 5.91 Å². The molecule has 1 amide bonds. The number of halogens is 1. The lowest BCUT2D eigenvalue weighted by Crippen LogP contribution is -2.35. The third kappa shape index (κ3) is 4.85. The molecule has 174 valence electrons. The quantitative estimate of drug-likeness (QED) is 0.584. The summed E-state index contributed by atoms with van der Waals surface area (Å²) in [6, 6.07) is 13.0. The molecule has 1 fully saturated rings. The molecule has 9 heteroatoms. The van der Waals surface area contributed by atoms with Crippen molar-refractivity contribution in [2.75, 3.05) is 52.4 Å². The number of hydrogen-bond donors (Lipinski definition) is 1. The summed E-state index contributed by atoms with van der Waals surface area (Å²) in [4.78, 5) is 17.3. The molecule has 1 aromatic heterocycles. The van der Waals surface area contributed by atoms with Gasteiger partial charge in [0.2, 0.25) is 5.75 Å². The summed E-state index contributed by atoms with van der Waals surface area (Å²) in [6.07, 6.45) is 0.833. The lowest BCUT2D eigenvalue weighted by atomic mass is 10.1. The second-order valence-electron chi connectivity index (χ2n) is 7.69. The molecular formula is C24H27ClN4O4. The molecule has 0 saturated carbocycles. The number of nitrogens with zero attached hydrogens (tertiary/aromatic N) is 3. The largest absolute Gasteiger partial charge is 0.493 e. The number of methoxy groups -OCH3 is 3. The second-order valence-corrected chi connectivity index (χ2v) is 8.13. The average molecular weight is 471 g/mol. The van der Waals surface area contributed by atoms with Gasteiger partial charge in [-0.15, -0.1) is 0 Å². The van der Waals surface area contributed by atoms with Crippen LogP contribution in [0.15, 0.2) is 42.5 Å². The first-order chi connectivity index (χ1) is 16.0. The minimum Gasteiger partial charge on any atom is -0.493 e. The van der Waals surface area contributed by atoms with E-state index in [1.807, 2.05) is 35.2 Å². The highest BCUT2D eigenvalue weighted by Crippen LogP contribution is 2.38. The predicted molar refractivity (Wildman–Crippen MR) is 128 cm³/mol. The molecule has 3 aromatic rings. The van der Waals surface area contributed by atoms with E-state index in [0.29, 0.717) is 47.5 Å². The van der Waals surface area contributed by atoms with Crippen molar-refractivity contribution < 1.29 is 19.0 Å². The summed E-state index contributed by atoms with van der Waals surface area (Å²) < 4.78 is 16.2. The maximum Gasteiger partial charge on any atom is 0.254 e. The van der Waals surface area contributed by atoms with Crippen LogP contribution in [0.25, 0.3) is 11.3 Å². The summed E-state index contributed by atoms with van der Waals surface area (Å²) in [5.41, 5.74) is 2.45. The van der Waals surface area contributed by atoms with Crippen LogP contribution in [-0.2, 0) is 0 Å². The van der Waals surface area contributed by atoms with Crippen molar-refractivity contribution in [3.05, 3.63) is 53.1 Å². The Morgan fingerprint density at radius 2 is 1.64 bits per heavy atom. The van der Waals surface area contributed by atoms with Crippen molar-refractivity contribution in [3.8, 4) is 28.5 Å². The number of H-pyrrole nitrogens is 1. The Bertz CT molecular complexity index is 1090. The monoisotopic (exact) mass is 470 g/mol. The van der Waals surface area contributed by atoms with Gasteiger partial charge in [0.25, 0.3) is 5.91 Å². The number of aromatic amines is 1. The van der Waals surface area contributed by atoms with Crippen molar-refractivity contribution in [2.45, 2.75) is 6.42 Å². The van der Waals surface area contributed by atoms with Crippen molar-refractivity contribution in [3.63, 3.8) is 0 Å². The second kappa shape index (κ2) is 10.0. The number of nitrogens with one attached hydrogen (secondary N) is 1. The number of hydrogen-bond acceptors (Lipinski definition) is 6. The van der Waals surface area contributed by atoms with Crippen LogP contribution in [0, 0.1) is 0 Å². The molecule has 8 nitrogen and oxygen atoms in total. The van der Waals surface area contributed by atoms with Crippen LogP contribution in [0.3, 0.4) is 0 Å². The van der Waals surface area contributed by atoms with Crippen LogP contribution in [-0.4, -0.2) is 68.5 Å². The molecule has 0 bridgehead atoms. The van der Waals surface area contributed by atoms with Gasteiger partial charge >= 0.3 is 0 Å². The third-order valence-electron chi connectivity index (χ3n) is 5.74. The standard InChI is InChI=1S/C24H27ClN4O4/c1-31-20-13-17(14-21(32-2)23(20)33-3)24(30)29-10-4-9-28(11-12-29)22-15-19(26-27-22)16-5-7-18(25)8-6-16/h5-8,13-15H,4,9-12H2,1-3H3,(H,26,27). The first-order valence-corrected chi connectivity index (χ1v) is 11.1. The van der Waals surface area contributed by atoms with Crippen molar-refractivity contribution in [1.82, 2.24) is 15.1 Å². The zero-order valence-electron chi connectivity index (χ0n) is 18.9. The lowest BCUT2D eigenvalue weighted by molar-refractivity contribution is 0.0766. The van der Waals surface area contributed by atoms with Gasteiger partial charge in [-0.1, -0.05) is 23.7 Å². The number of carbonyl (C=O) groups is 1. The van der Waals surface area contributed by atoms with Crippen LogP contribution in [0.1, 0.15) is 16.8 Å². The van der Waals surface area contributed by atoms with Crippen molar-refractivity contribution in [2.24, 2.45) is 0 Å². The van der Waals surface area contributed by atoms with Crippen LogP contribution >= 0.6 is 11.6 Å². The van der Waals surface area contributed by atoms with E-state index in [2.05, 4.69) is 15.1 Å². The van der Waals surface area contributed by atoms with Gasteiger partial charge in [0.1, 0.15) is 0 Å². The highest BCUT2D eigenvalue weighted by atomic mass is 35.5. The number of carbonyl (C=O) groups excluding carboxylic acids is 1. The molecule has 2 heterocycles. The molecular weight excluding hydrogens is 444 g/mol. The highest BCUT2D eigenvalue weighted by molar-refractivity contribution is 6.30. The van der Waals surface area contributed by atoms with Gasteiger partial charge in [0.15, 0.2) is 17.3 Å². The van der Waals surface area contributed by atoms with E-state index >= 15 is 0 Å². The van der Waals surface area contributed by atoms with Gasteiger partial charge in [-0.2, -0.15) is 5.10 Å². The fourth-order valence-corrected chi connectivity index (χ4v) is 4.11. The first kappa shape index (κ1) is 22.8. The third-order valence-corrected chi connectivity index (χ3v) is 5.99. The summed E-state index contributed by atoms with van der Waals surface area (Å²) in [6.45, 7) is 2.73. The summed E-state index contributed by atoms with van der Waals surface area (Å²) in [5.74, 6) is 2.18. The van der Waals surface area contributed by atoms with Gasteiger partial charge in [-0.3, -0.25) is 9.89 Å². The number of amides is 1. The SMILES string of the molecule is COc1cc(C(=O)N2CCCN(c3cc(-c4ccc(Cl)cc4)[nH]n3)CC2)cc(OC)c1OC. The summed E-state index contributed by atoms with van der Waals surface area (Å²) >= 11 is 5.99. The molecule has 0 unspecified atom stereocenters. The number of benzene rings is 2. The summed E-state index contributed by atoms with van der Waals surface area (Å²) in [5, 5.41) is 8.29. The molecule has 0 radical (unpaired) electrons. The van der Waals surface area contributed by atoms with Crippen molar-refractivity contribution in [1.29, 1.82) is 0 Å². The Morgan fingerprint density at radius 3 is 2.27 bits per heavy atom. The van der Waals surface area contributed by atoms with Crippen LogP contribution in [0.2, 0.25) is 5.02 Å². The predicted octanol–water partition coefficient (Wildman–Crippen LogP) is 4.11. The minimum absolute atomic E-state index is 0.0695. The Balaban J connectivity index is 1.47. The van der Waals surface area contributed by atoms with E-state index in [4.69, 9.17) is 25.8 Å². The Morgan fingerprint density at radius 1 is 0.939 bits per heavy atom. The molecule has 1 saturated heterocycles. The smallest absolute Gasteiger partial charge is 0.254 e. The number of rotatable bonds is 6. The number of aromatic nitrogens is 2. The van der Waals surface area contributed by atoms with Gasteiger partial charge in [-0.25, -0.2) is 0 Å². The van der Waals surface area contributed by atoms with Crippen molar-refractivity contribution >= 4 is 23.3 Å². The minimum atomic E-state index is -0.0695. The molecule has 1 aliphatic rings. The van der Waals surface area contributed by atoms with Gasteiger partial charge < -0.3 is 24.0 Å². The van der Waals surface area contributed by atoms with Crippen LogP contribution in [0.4, 0.5) is 5.82 Å². The molecule has 2 aromatic carbocycles. The number of anilines is 1. The van der Waals surface area contributed by atoms with E-state index in [9.17, 15) is 4.79 Å². The van der Waals surface area contributed by atoms with Crippen LogP contribution in [0.5, 0.6) is 17.2 Å². The van der Waals surface area contributed by atoms with E-state index < -0.39 is 0 Å². The van der Waals surface area contributed by atoms with E-state index in [1.165, 1.54) is 14.2 Å². The van der Waals surface area contributed by atoms with Gasteiger partial charge in [0, 0.05) is 42.8 Å². The molecule has 0 spiro atoms. The van der Waals surface area contributed by atoms with Gasteiger partial charge in [0.05, 0.1) is 27.0 Å². The fourth-order valence-electron chi connectivity index (χ4n) is 3.99. The molecule has 4 rings (SSSR count). The summed E-state index contributed by atoms with van der Waals surface area (Å²) in [7, 11) is 4.62. The molecule has 33 heavy (non-hydrogen) atoms. The first-order valence-electron chi connectivity index (χ1n) is 10.7. The topological polar surface area (TPSA) is 79.9 Å². The normalized spacial score (nSPS) is 14.1. The van der Waals surface area contributed by atoms with E-state index in [1.54, 1.807) is 19.2 Å².